The van der Waals surface area contributed by atoms with Gasteiger partial charge in [0.2, 0.25) is 5.75 Å². The third-order valence-electron chi connectivity index (χ3n) is 2.60. The summed E-state index contributed by atoms with van der Waals surface area (Å²) >= 11 is 1.71. The number of rotatable bonds is 5. The summed E-state index contributed by atoms with van der Waals surface area (Å²) < 4.78 is 5.33. The van der Waals surface area contributed by atoms with E-state index in [-0.39, 0.29) is 0 Å². The van der Waals surface area contributed by atoms with Gasteiger partial charge in [-0.15, -0.1) is 11.8 Å². The van der Waals surface area contributed by atoms with Crippen molar-refractivity contribution in [2.24, 2.45) is 0 Å². The molecular formula is C13H16N4OS. The van der Waals surface area contributed by atoms with Crippen molar-refractivity contribution >= 4 is 29.1 Å². The molecule has 0 fully saturated rings. The van der Waals surface area contributed by atoms with Crippen LogP contribution in [-0.2, 0) is 0 Å². The molecule has 100 valence electrons. The molecular weight excluding hydrogens is 260 g/mol. The molecule has 1 aromatic heterocycles. The molecule has 2 N–H and O–H groups in total. The average Bonchev–Trinajstić information content (AvgIpc) is 2.47. The summed E-state index contributed by atoms with van der Waals surface area (Å²) in [6.45, 7) is 0. The predicted octanol–water partition coefficient (Wildman–Crippen LogP) is 2.99. The highest BCUT2D eigenvalue weighted by atomic mass is 32.2. The topological polar surface area (TPSA) is 59.1 Å². The highest BCUT2D eigenvalue weighted by Crippen LogP contribution is 2.31. The van der Waals surface area contributed by atoms with Gasteiger partial charge in [-0.05, 0) is 30.5 Å². The van der Waals surface area contributed by atoms with Crippen LogP contribution in [0.1, 0.15) is 0 Å². The summed E-state index contributed by atoms with van der Waals surface area (Å²) in [5.41, 5.74) is 0.955. The third-order valence-corrected chi connectivity index (χ3v) is 3.34. The molecule has 5 nitrogen and oxygen atoms in total. The number of thioether (sulfide) groups is 1. The summed E-state index contributed by atoms with van der Waals surface area (Å²) in [6.07, 6.45) is 3.54. The number of hydrogen-bond acceptors (Lipinski definition) is 6. The van der Waals surface area contributed by atoms with E-state index in [0.29, 0.717) is 17.4 Å². The molecule has 19 heavy (non-hydrogen) atoms. The van der Waals surface area contributed by atoms with Crippen LogP contribution in [0.4, 0.5) is 17.3 Å². The summed E-state index contributed by atoms with van der Waals surface area (Å²) in [4.78, 5) is 9.53. The van der Waals surface area contributed by atoms with E-state index < -0.39 is 0 Å². The van der Waals surface area contributed by atoms with Gasteiger partial charge in [0, 0.05) is 17.6 Å². The van der Waals surface area contributed by atoms with Crippen LogP contribution in [-0.4, -0.2) is 30.4 Å². The molecule has 0 atom stereocenters. The second-order valence-electron chi connectivity index (χ2n) is 3.71. The van der Waals surface area contributed by atoms with Gasteiger partial charge < -0.3 is 15.4 Å². The van der Waals surface area contributed by atoms with E-state index in [2.05, 4.69) is 39.0 Å². The van der Waals surface area contributed by atoms with E-state index in [1.807, 2.05) is 12.1 Å². The molecule has 0 aliphatic rings. The van der Waals surface area contributed by atoms with Crippen molar-refractivity contribution in [1.82, 2.24) is 9.97 Å². The van der Waals surface area contributed by atoms with Crippen LogP contribution in [0.3, 0.4) is 0 Å². The molecule has 0 aliphatic carbocycles. The van der Waals surface area contributed by atoms with Crippen LogP contribution < -0.4 is 15.4 Å². The fraction of sp³-hybridized carbons (Fsp3) is 0.231. The Bertz CT molecular complexity index is 545. The molecule has 0 aliphatic heterocycles. The Kier molecular flexibility index (Phi) is 4.46. The van der Waals surface area contributed by atoms with Crippen LogP contribution in [0.15, 0.2) is 35.5 Å². The van der Waals surface area contributed by atoms with Gasteiger partial charge in [-0.25, -0.2) is 9.97 Å². The molecule has 0 spiro atoms. The molecule has 0 saturated heterocycles. The second kappa shape index (κ2) is 6.29. The second-order valence-corrected chi connectivity index (χ2v) is 4.59. The monoisotopic (exact) mass is 276 g/mol. The number of nitrogens with one attached hydrogen (secondary N) is 2. The number of aromatic nitrogens is 2. The van der Waals surface area contributed by atoms with E-state index in [0.717, 1.165) is 5.69 Å². The zero-order valence-corrected chi connectivity index (χ0v) is 11.9. The first kappa shape index (κ1) is 13.5. The molecule has 0 amide bonds. The van der Waals surface area contributed by atoms with Crippen LogP contribution in [0.25, 0.3) is 0 Å². The Morgan fingerprint density at radius 1 is 1.11 bits per heavy atom. The lowest BCUT2D eigenvalue weighted by Crippen LogP contribution is -2.03. The Morgan fingerprint density at radius 3 is 2.37 bits per heavy atom. The maximum Gasteiger partial charge on any atom is 0.204 e. The lowest BCUT2D eigenvalue weighted by molar-refractivity contribution is 0.415. The van der Waals surface area contributed by atoms with Crippen molar-refractivity contribution in [3.05, 3.63) is 30.6 Å². The zero-order chi connectivity index (χ0) is 13.7. The molecule has 1 heterocycles. The van der Waals surface area contributed by atoms with Crippen molar-refractivity contribution < 1.29 is 4.74 Å². The molecule has 2 rings (SSSR count). The van der Waals surface area contributed by atoms with Crippen LogP contribution >= 0.6 is 11.8 Å². The van der Waals surface area contributed by atoms with E-state index in [1.165, 1.54) is 11.2 Å². The fourth-order valence-electron chi connectivity index (χ4n) is 1.65. The first-order valence-electron chi connectivity index (χ1n) is 5.76. The lowest BCUT2D eigenvalue weighted by atomic mass is 10.3. The van der Waals surface area contributed by atoms with Crippen molar-refractivity contribution in [1.29, 1.82) is 0 Å². The summed E-state index contributed by atoms with van der Waals surface area (Å²) in [5, 5.41) is 6.20. The van der Waals surface area contributed by atoms with Gasteiger partial charge in [-0.3, -0.25) is 0 Å². The zero-order valence-electron chi connectivity index (χ0n) is 11.1. The highest BCUT2D eigenvalue weighted by molar-refractivity contribution is 7.98. The Balaban J connectivity index is 2.26. The Labute approximate surface area is 116 Å². The average molecular weight is 276 g/mol. The van der Waals surface area contributed by atoms with Gasteiger partial charge >= 0.3 is 0 Å². The molecule has 1 aromatic carbocycles. The standard InChI is InChI=1S/C13H16N4OS/c1-14-12-11(18-2)13(16-8-15-12)17-9-4-6-10(19-3)7-5-9/h4-8H,1-3H3,(H2,14,15,16,17). The normalized spacial score (nSPS) is 10.1. The molecule has 6 heteroatoms. The fourth-order valence-corrected chi connectivity index (χ4v) is 2.05. The highest BCUT2D eigenvalue weighted by Gasteiger charge is 2.10. The van der Waals surface area contributed by atoms with E-state index in [1.54, 1.807) is 25.9 Å². The van der Waals surface area contributed by atoms with Crippen molar-refractivity contribution in [3.8, 4) is 5.75 Å². The smallest absolute Gasteiger partial charge is 0.204 e. The minimum atomic E-state index is 0.596. The molecule has 0 radical (unpaired) electrons. The SMILES string of the molecule is CNc1ncnc(Nc2ccc(SC)cc2)c1OC. The largest absolute Gasteiger partial charge is 0.490 e. The first-order chi connectivity index (χ1) is 9.28. The summed E-state index contributed by atoms with van der Waals surface area (Å²) in [7, 11) is 3.39. The summed E-state index contributed by atoms with van der Waals surface area (Å²) in [6, 6.07) is 8.12. The van der Waals surface area contributed by atoms with Crippen LogP contribution in [0.2, 0.25) is 0 Å². The molecule has 0 unspecified atom stereocenters. The van der Waals surface area contributed by atoms with Crippen LogP contribution in [0, 0.1) is 0 Å². The number of hydrogen-bond donors (Lipinski definition) is 2. The number of ether oxygens (including phenoxy) is 1. The minimum Gasteiger partial charge on any atom is -0.490 e. The predicted molar refractivity (Wildman–Crippen MR) is 79.6 cm³/mol. The lowest BCUT2D eigenvalue weighted by Gasteiger charge is -2.12. The van der Waals surface area contributed by atoms with Gasteiger partial charge in [0.25, 0.3) is 0 Å². The van der Waals surface area contributed by atoms with Gasteiger partial charge in [-0.2, -0.15) is 0 Å². The van der Waals surface area contributed by atoms with E-state index >= 15 is 0 Å². The molecule has 2 aromatic rings. The van der Waals surface area contributed by atoms with Gasteiger partial charge in [0.05, 0.1) is 7.11 Å². The minimum absolute atomic E-state index is 0.596. The Hall–Kier alpha value is -1.95. The first-order valence-corrected chi connectivity index (χ1v) is 6.98. The number of anilines is 3. The van der Waals surface area contributed by atoms with Crippen LogP contribution in [0.5, 0.6) is 5.75 Å². The van der Waals surface area contributed by atoms with Gasteiger partial charge in [-0.1, -0.05) is 0 Å². The molecule has 0 saturated carbocycles. The van der Waals surface area contributed by atoms with Crippen molar-refractivity contribution in [2.45, 2.75) is 4.90 Å². The van der Waals surface area contributed by atoms with Crippen molar-refractivity contribution in [3.63, 3.8) is 0 Å². The van der Waals surface area contributed by atoms with E-state index in [9.17, 15) is 0 Å². The van der Waals surface area contributed by atoms with E-state index in [4.69, 9.17) is 4.74 Å². The number of nitrogens with zero attached hydrogens (tertiary/aromatic N) is 2. The van der Waals surface area contributed by atoms with Crippen molar-refractivity contribution in [2.75, 3.05) is 31.0 Å². The number of methoxy groups -OCH3 is 1. The van der Waals surface area contributed by atoms with Gasteiger partial charge in [0.1, 0.15) is 6.33 Å². The molecule has 0 bridgehead atoms. The number of benzene rings is 1. The summed E-state index contributed by atoms with van der Waals surface area (Å²) in [5.74, 6) is 1.89. The quantitative estimate of drug-likeness (QED) is 0.819. The maximum atomic E-state index is 5.33. The maximum absolute atomic E-state index is 5.33. The third kappa shape index (κ3) is 3.08. The Morgan fingerprint density at radius 2 is 1.79 bits per heavy atom. The van der Waals surface area contributed by atoms with Gasteiger partial charge in [0.15, 0.2) is 11.6 Å².